The first-order valence-corrected chi connectivity index (χ1v) is 10.2. The van der Waals surface area contributed by atoms with Crippen LogP contribution in [-0.4, -0.2) is 41.8 Å². The van der Waals surface area contributed by atoms with Crippen molar-refractivity contribution >= 4 is 27.5 Å². The van der Waals surface area contributed by atoms with Crippen LogP contribution in [0.4, 0.5) is 0 Å². The molecule has 0 bridgehead atoms. The summed E-state index contributed by atoms with van der Waals surface area (Å²) < 4.78 is 17.9. The summed E-state index contributed by atoms with van der Waals surface area (Å²) in [6.45, 7) is 1.66. The summed E-state index contributed by atoms with van der Waals surface area (Å²) >= 11 is 1.57. The van der Waals surface area contributed by atoms with Crippen LogP contribution in [0.25, 0.3) is 10.2 Å². The molecule has 1 aromatic heterocycles. The zero-order valence-corrected chi connectivity index (χ0v) is 16.1. The minimum Gasteiger partial charge on any atom is -0.467 e. The average molecular weight is 396 g/mol. The van der Waals surface area contributed by atoms with Gasteiger partial charge < -0.3 is 19.1 Å². The molecule has 0 unspecified atom stereocenters. The summed E-state index contributed by atoms with van der Waals surface area (Å²) in [5.74, 6) is 1.59. The second kappa shape index (κ2) is 7.31. The number of benzene rings is 2. The van der Waals surface area contributed by atoms with Gasteiger partial charge in [0.25, 0.3) is 5.19 Å². The lowest BCUT2D eigenvalue weighted by Gasteiger charge is -2.31. The van der Waals surface area contributed by atoms with E-state index >= 15 is 0 Å². The van der Waals surface area contributed by atoms with Crippen molar-refractivity contribution in [3.05, 3.63) is 48.0 Å². The lowest BCUT2D eigenvalue weighted by atomic mass is 10.1. The van der Waals surface area contributed by atoms with E-state index in [-0.39, 0.29) is 18.8 Å². The summed E-state index contributed by atoms with van der Waals surface area (Å²) in [4.78, 5) is 19.1. The number of carbonyl (C=O) groups excluding carboxylic acids is 1. The van der Waals surface area contributed by atoms with Crippen LogP contribution in [0.1, 0.15) is 18.4 Å². The highest BCUT2D eigenvalue weighted by Crippen LogP contribution is 2.33. The molecule has 144 valence electrons. The highest BCUT2D eigenvalue weighted by atomic mass is 32.1. The Morgan fingerprint density at radius 2 is 1.96 bits per heavy atom. The maximum Gasteiger partial charge on any atom is 0.274 e. The molecule has 0 N–H and O–H groups in total. The molecule has 2 aromatic carbocycles. The molecule has 7 heteroatoms. The average Bonchev–Trinajstić information content (AvgIpc) is 3.34. The first kappa shape index (κ1) is 17.3. The fraction of sp³-hybridized carbons (Fsp3) is 0.333. The summed E-state index contributed by atoms with van der Waals surface area (Å²) in [6, 6.07) is 13.7. The van der Waals surface area contributed by atoms with Gasteiger partial charge in [0.2, 0.25) is 12.7 Å². The highest BCUT2D eigenvalue weighted by Gasteiger charge is 2.25. The van der Waals surface area contributed by atoms with E-state index in [2.05, 4.69) is 11.1 Å². The van der Waals surface area contributed by atoms with Gasteiger partial charge >= 0.3 is 0 Å². The molecular formula is C21H20N2O4S. The van der Waals surface area contributed by atoms with Crippen LogP contribution in [0.3, 0.4) is 0 Å². The Labute approximate surface area is 166 Å². The summed E-state index contributed by atoms with van der Waals surface area (Å²) in [5.41, 5.74) is 1.92. The number of thiazole rings is 1. The monoisotopic (exact) mass is 396 g/mol. The predicted octanol–water partition coefficient (Wildman–Crippen LogP) is 3.64. The first-order chi connectivity index (χ1) is 13.7. The number of fused-ring (bicyclic) bond motifs is 2. The van der Waals surface area contributed by atoms with Crippen LogP contribution in [0, 0.1) is 0 Å². The minimum atomic E-state index is 0.107. The van der Waals surface area contributed by atoms with Crippen molar-refractivity contribution in [1.82, 2.24) is 9.88 Å². The Morgan fingerprint density at radius 3 is 2.82 bits per heavy atom. The molecule has 2 aliphatic rings. The summed E-state index contributed by atoms with van der Waals surface area (Å²) in [6.07, 6.45) is 2.13. The van der Waals surface area contributed by atoms with Crippen molar-refractivity contribution in [2.24, 2.45) is 0 Å². The molecule has 0 atom stereocenters. The quantitative estimate of drug-likeness (QED) is 0.674. The van der Waals surface area contributed by atoms with Gasteiger partial charge in [-0.05, 0) is 29.8 Å². The Kier molecular flexibility index (Phi) is 4.52. The first-order valence-electron chi connectivity index (χ1n) is 9.43. The number of piperidine rings is 1. The lowest BCUT2D eigenvalue weighted by Crippen LogP contribution is -2.42. The number of nitrogens with zero attached hydrogens (tertiary/aromatic N) is 2. The zero-order valence-electron chi connectivity index (χ0n) is 15.3. The molecule has 0 aliphatic carbocycles. The van der Waals surface area contributed by atoms with Crippen LogP contribution < -0.4 is 14.2 Å². The van der Waals surface area contributed by atoms with Crippen molar-refractivity contribution in [3.8, 4) is 16.7 Å². The third-order valence-electron chi connectivity index (χ3n) is 5.13. The fourth-order valence-corrected chi connectivity index (χ4v) is 4.49. The Hall–Kier alpha value is -2.80. The molecule has 0 saturated carbocycles. The molecule has 1 saturated heterocycles. The number of para-hydroxylation sites is 1. The molecule has 1 amide bonds. The second-order valence-corrected chi connectivity index (χ2v) is 8.00. The smallest absolute Gasteiger partial charge is 0.274 e. The van der Waals surface area contributed by atoms with Gasteiger partial charge in [0.1, 0.15) is 6.10 Å². The summed E-state index contributed by atoms with van der Waals surface area (Å²) in [7, 11) is 0. The molecule has 3 heterocycles. The number of aromatic nitrogens is 1. The van der Waals surface area contributed by atoms with Crippen molar-refractivity contribution in [2.45, 2.75) is 25.4 Å². The van der Waals surface area contributed by atoms with Gasteiger partial charge in [0, 0.05) is 25.9 Å². The maximum atomic E-state index is 12.7. The van der Waals surface area contributed by atoms with Gasteiger partial charge in [-0.15, -0.1) is 0 Å². The van der Waals surface area contributed by atoms with E-state index in [0.717, 1.165) is 34.4 Å². The molecule has 28 heavy (non-hydrogen) atoms. The number of likely N-dealkylation sites (tertiary alicyclic amines) is 1. The number of ether oxygens (including phenoxy) is 3. The van der Waals surface area contributed by atoms with Gasteiger partial charge in [-0.3, -0.25) is 4.79 Å². The van der Waals surface area contributed by atoms with Crippen LogP contribution in [0.2, 0.25) is 0 Å². The van der Waals surface area contributed by atoms with E-state index in [9.17, 15) is 4.79 Å². The van der Waals surface area contributed by atoms with Crippen molar-refractivity contribution in [3.63, 3.8) is 0 Å². The standard InChI is InChI=1S/C21H20N2O4S/c24-20(12-14-5-6-17-18(11-14)26-13-25-17)23-9-7-15(8-10-23)27-21-22-16-3-1-2-4-19(16)28-21/h1-6,11,15H,7-10,12-13H2. The SMILES string of the molecule is O=C(Cc1ccc2c(c1)OCO2)N1CCC(Oc2nc3ccccc3s2)CC1. The number of amides is 1. The van der Waals surface area contributed by atoms with Crippen molar-refractivity contribution in [1.29, 1.82) is 0 Å². The third kappa shape index (κ3) is 3.49. The fourth-order valence-electron chi connectivity index (χ4n) is 3.60. The normalized spacial score (nSPS) is 16.5. The molecule has 0 spiro atoms. The number of hydrogen-bond donors (Lipinski definition) is 0. The van der Waals surface area contributed by atoms with E-state index in [1.54, 1.807) is 11.3 Å². The summed E-state index contributed by atoms with van der Waals surface area (Å²) in [5, 5.41) is 0.714. The Balaban J connectivity index is 1.16. The number of carbonyl (C=O) groups is 1. The molecule has 1 fully saturated rings. The minimum absolute atomic E-state index is 0.107. The molecular weight excluding hydrogens is 376 g/mol. The topological polar surface area (TPSA) is 60.9 Å². The highest BCUT2D eigenvalue weighted by molar-refractivity contribution is 7.20. The van der Waals surface area contributed by atoms with Crippen LogP contribution in [-0.2, 0) is 11.2 Å². The Bertz CT molecular complexity index is 978. The van der Waals surface area contributed by atoms with Crippen molar-refractivity contribution < 1.29 is 19.0 Å². The second-order valence-electron chi connectivity index (χ2n) is 7.01. The maximum absolute atomic E-state index is 12.7. The van der Waals surface area contributed by atoms with E-state index in [1.165, 1.54) is 0 Å². The van der Waals surface area contributed by atoms with Gasteiger partial charge in [-0.1, -0.05) is 29.5 Å². The molecule has 3 aromatic rings. The van der Waals surface area contributed by atoms with Gasteiger partial charge in [0.05, 0.1) is 16.6 Å². The third-order valence-corrected chi connectivity index (χ3v) is 6.06. The predicted molar refractivity (Wildman–Crippen MR) is 106 cm³/mol. The van der Waals surface area contributed by atoms with E-state index < -0.39 is 0 Å². The number of hydrogen-bond acceptors (Lipinski definition) is 6. The van der Waals surface area contributed by atoms with Gasteiger partial charge in [-0.2, -0.15) is 0 Å². The molecule has 0 radical (unpaired) electrons. The van der Waals surface area contributed by atoms with Gasteiger partial charge in [-0.25, -0.2) is 4.98 Å². The van der Waals surface area contributed by atoms with Gasteiger partial charge in [0.15, 0.2) is 11.5 Å². The zero-order chi connectivity index (χ0) is 18.9. The number of rotatable bonds is 4. The Morgan fingerprint density at radius 1 is 1.14 bits per heavy atom. The van der Waals surface area contributed by atoms with Crippen LogP contribution in [0.15, 0.2) is 42.5 Å². The lowest BCUT2D eigenvalue weighted by molar-refractivity contribution is -0.132. The van der Waals surface area contributed by atoms with Crippen LogP contribution >= 0.6 is 11.3 Å². The molecule has 5 rings (SSSR count). The van der Waals surface area contributed by atoms with Crippen molar-refractivity contribution in [2.75, 3.05) is 19.9 Å². The van der Waals surface area contributed by atoms with E-state index in [0.29, 0.717) is 30.5 Å². The molecule has 2 aliphatic heterocycles. The van der Waals surface area contributed by atoms with E-state index in [4.69, 9.17) is 14.2 Å². The largest absolute Gasteiger partial charge is 0.467 e. The van der Waals surface area contributed by atoms with E-state index in [1.807, 2.05) is 41.3 Å². The van der Waals surface area contributed by atoms with Crippen LogP contribution in [0.5, 0.6) is 16.7 Å². The molecule has 6 nitrogen and oxygen atoms in total.